The third kappa shape index (κ3) is 4.08. The predicted octanol–water partition coefficient (Wildman–Crippen LogP) is 4.86. The topological polar surface area (TPSA) is 81.6 Å². The van der Waals surface area contributed by atoms with Crippen LogP contribution in [0.25, 0.3) is 17.0 Å². The quantitative estimate of drug-likeness (QED) is 0.474. The zero-order chi connectivity index (χ0) is 19.2. The summed E-state index contributed by atoms with van der Waals surface area (Å²) in [6.45, 7) is 0.551. The minimum absolute atomic E-state index is 0.00828. The molecule has 5 nitrogen and oxygen atoms in total. The number of aromatic nitrogens is 1. The molecule has 0 aliphatic carbocycles. The second kappa shape index (κ2) is 8.35. The molecule has 6 heteroatoms. The molecule has 0 fully saturated rings. The van der Waals surface area contributed by atoms with Crippen LogP contribution in [0.15, 0.2) is 64.8 Å². The number of aryl methyl sites for hydroxylation is 1. The van der Waals surface area contributed by atoms with Gasteiger partial charge in [-0.25, -0.2) is 0 Å². The molecule has 3 rings (SSSR count). The highest BCUT2D eigenvalue weighted by Gasteiger charge is 2.13. The Bertz CT molecular complexity index is 1120. The number of amides is 1. The van der Waals surface area contributed by atoms with Crippen LogP contribution in [-0.4, -0.2) is 10.5 Å². The van der Waals surface area contributed by atoms with Crippen molar-refractivity contribution >= 4 is 44.5 Å². The first-order valence-electron chi connectivity index (χ1n) is 8.26. The number of hydrogen-bond donors (Lipinski definition) is 1. The fourth-order valence-electron chi connectivity index (χ4n) is 2.80. The lowest BCUT2D eigenvalue weighted by Gasteiger charge is -2.06. The Morgan fingerprint density at radius 2 is 1.89 bits per heavy atom. The predicted molar refractivity (Wildman–Crippen MR) is 109 cm³/mol. The molecule has 3 aromatic rings. The first-order chi connectivity index (χ1) is 13.1. The highest BCUT2D eigenvalue weighted by Crippen LogP contribution is 2.25. The lowest BCUT2D eigenvalue weighted by atomic mass is 10.1. The first-order valence-corrected chi connectivity index (χ1v) is 9.06. The molecule has 0 unspecified atom stereocenters. The molecular weight excluding hydrogens is 404 g/mol. The number of anilines is 1. The summed E-state index contributed by atoms with van der Waals surface area (Å²) in [5, 5.41) is 22.0. The van der Waals surface area contributed by atoms with Crippen LogP contribution < -0.4 is 5.32 Å². The molecule has 0 aliphatic rings. The van der Waals surface area contributed by atoms with Crippen LogP contribution in [0.2, 0.25) is 0 Å². The lowest BCUT2D eigenvalue weighted by molar-refractivity contribution is -0.112. The molecule has 1 heterocycles. The number of rotatable bonds is 5. The van der Waals surface area contributed by atoms with Gasteiger partial charge < -0.3 is 9.88 Å². The molecule has 132 valence electrons. The Balaban J connectivity index is 1.96. The van der Waals surface area contributed by atoms with E-state index in [1.165, 1.54) is 0 Å². The van der Waals surface area contributed by atoms with E-state index in [2.05, 4.69) is 27.3 Å². The van der Waals surface area contributed by atoms with Gasteiger partial charge in [-0.05, 0) is 40.2 Å². The van der Waals surface area contributed by atoms with E-state index in [-0.39, 0.29) is 5.57 Å². The minimum Gasteiger partial charge on any atom is -0.346 e. The SMILES string of the molecule is N#CCCn1cc(/C=C(/C#N)C(=O)Nc2ccccc2Br)c2ccccc21. The molecule has 0 spiro atoms. The summed E-state index contributed by atoms with van der Waals surface area (Å²) >= 11 is 3.38. The fraction of sp³-hybridized carbons (Fsp3) is 0.0952. The molecule has 2 aromatic carbocycles. The molecule has 1 N–H and O–H groups in total. The number of nitriles is 2. The van der Waals surface area contributed by atoms with Crippen molar-refractivity contribution in [3.63, 3.8) is 0 Å². The fourth-order valence-corrected chi connectivity index (χ4v) is 3.19. The Labute approximate surface area is 165 Å². The molecule has 1 amide bonds. The number of carbonyl (C=O) groups is 1. The van der Waals surface area contributed by atoms with Crippen molar-refractivity contribution in [1.82, 2.24) is 4.57 Å². The van der Waals surface area contributed by atoms with Crippen LogP contribution in [0.4, 0.5) is 5.69 Å². The van der Waals surface area contributed by atoms with Crippen molar-refractivity contribution in [2.24, 2.45) is 0 Å². The number of nitrogens with zero attached hydrogens (tertiary/aromatic N) is 3. The second-order valence-electron chi connectivity index (χ2n) is 5.81. The number of fused-ring (bicyclic) bond motifs is 1. The van der Waals surface area contributed by atoms with Crippen molar-refractivity contribution in [3.8, 4) is 12.1 Å². The number of halogens is 1. The van der Waals surface area contributed by atoms with Crippen LogP contribution in [0, 0.1) is 22.7 Å². The summed E-state index contributed by atoms with van der Waals surface area (Å²) < 4.78 is 2.70. The molecule has 0 aliphatic heterocycles. The van der Waals surface area contributed by atoms with Crippen LogP contribution in [0.3, 0.4) is 0 Å². The maximum atomic E-state index is 12.5. The normalized spacial score (nSPS) is 11.0. The standard InChI is InChI=1S/C21H15BrN4O/c22-18-7-2-3-8-19(18)25-21(27)15(13-24)12-16-14-26(11-5-10-23)20-9-4-1-6-17(16)20/h1-4,6-9,12,14H,5,11H2,(H,25,27)/b15-12-. The third-order valence-electron chi connectivity index (χ3n) is 4.07. The zero-order valence-corrected chi connectivity index (χ0v) is 15.9. The Hall–Kier alpha value is -3.35. The Kier molecular flexibility index (Phi) is 5.71. The van der Waals surface area contributed by atoms with E-state index in [9.17, 15) is 10.1 Å². The summed E-state index contributed by atoms with van der Waals surface area (Å²) in [5.74, 6) is -0.474. The van der Waals surface area contributed by atoms with Crippen molar-refractivity contribution in [2.45, 2.75) is 13.0 Å². The van der Waals surface area contributed by atoms with E-state index < -0.39 is 5.91 Å². The van der Waals surface area contributed by atoms with Gasteiger partial charge in [0.05, 0.1) is 18.2 Å². The minimum atomic E-state index is -0.474. The molecule has 0 bridgehead atoms. The average Bonchev–Trinajstić information content (AvgIpc) is 3.04. The van der Waals surface area contributed by atoms with E-state index in [0.29, 0.717) is 18.7 Å². The number of para-hydroxylation sites is 2. The monoisotopic (exact) mass is 418 g/mol. The number of benzene rings is 2. The van der Waals surface area contributed by atoms with Gasteiger partial charge in [-0.2, -0.15) is 10.5 Å². The summed E-state index contributed by atoms with van der Waals surface area (Å²) in [6, 6.07) is 19.0. The number of carbonyl (C=O) groups excluding carboxylic acids is 1. The first kappa shape index (κ1) is 18.4. The van der Waals surface area contributed by atoms with Crippen LogP contribution in [0.1, 0.15) is 12.0 Å². The van der Waals surface area contributed by atoms with E-state index in [1.54, 1.807) is 18.2 Å². The van der Waals surface area contributed by atoms with Crippen LogP contribution in [0.5, 0.6) is 0 Å². The summed E-state index contributed by atoms with van der Waals surface area (Å²) in [6.07, 6.45) is 3.83. The van der Waals surface area contributed by atoms with Gasteiger partial charge in [-0.1, -0.05) is 30.3 Å². The Morgan fingerprint density at radius 3 is 2.63 bits per heavy atom. The van der Waals surface area contributed by atoms with Gasteiger partial charge in [0.25, 0.3) is 5.91 Å². The van der Waals surface area contributed by atoms with Crippen LogP contribution >= 0.6 is 15.9 Å². The van der Waals surface area contributed by atoms with E-state index in [4.69, 9.17) is 5.26 Å². The lowest BCUT2D eigenvalue weighted by Crippen LogP contribution is -2.13. The van der Waals surface area contributed by atoms with E-state index in [1.807, 2.05) is 53.2 Å². The van der Waals surface area contributed by atoms with E-state index in [0.717, 1.165) is 20.9 Å². The van der Waals surface area contributed by atoms with Crippen molar-refractivity contribution in [3.05, 3.63) is 70.3 Å². The van der Waals surface area contributed by atoms with Gasteiger partial charge in [0.15, 0.2) is 0 Å². The summed E-state index contributed by atoms with van der Waals surface area (Å²) in [7, 11) is 0. The van der Waals surface area contributed by atoms with Gasteiger partial charge in [0.2, 0.25) is 0 Å². The maximum absolute atomic E-state index is 12.5. The van der Waals surface area contributed by atoms with Gasteiger partial charge in [0, 0.05) is 33.7 Å². The van der Waals surface area contributed by atoms with Gasteiger partial charge in [-0.3, -0.25) is 4.79 Å². The smallest absolute Gasteiger partial charge is 0.266 e. The van der Waals surface area contributed by atoms with E-state index >= 15 is 0 Å². The van der Waals surface area contributed by atoms with Crippen molar-refractivity contribution < 1.29 is 4.79 Å². The highest BCUT2D eigenvalue weighted by molar-refractivity contribution is 9.10. The largest absolute Gasteiger partial charge is 0.346 e. The van der Waals surface area contributed by atoms with Crippen LogP contribution in [-0.2, 0) is 11.3 Å². The third-order valence-corrected chi connectivity index (χ3v) is 4.76. The average molecular weight is 419 g/mol. The van der Waals surface area contributed by atoms with Crippen molar-refractivity contribution in [1.29, 1.82) is 10.5 Å². The zero-order valence-electron chi connectivity index (χ0n) is 14.3. The Morgan fingerprint density at radius 1 is 1.15 bits per heavy atom. The second-order valence-corrected chi connectivity index (χ2v) is 6.66. The van der Waals surface area contributed by atoms with Gasteiger partial charge >= 0.3 is 0 Å². The summed E-state index contributed by atoms with van der Waals surface area (Å²) in [4.78, 5) is 12.5. The molecular formula is C21H15BrN4O. The molecule has 0 saturated heterocycles. The molecule has 27 heavy (non-hydrogen) atoms. The summed E-state index contributed by atoms with van der Waals surface area (Å²) in [5.41, 5.74) is 2.33. The highest BCUT2D eigenvalue weighted by atomic mass is 79.9. The van der Waals surface area contributed by atoms with Gasteiger partial charge in [0.1, 0.15) is 11.6 Å². The molecule has 0 radical (unpaired) electrons. The van der Waals surface area contributed by atoms with Crippen molar-refractivity contribution in [2.75, 3.05) is 5.32 Å². The van der Waals surface area contributed by atoms with Gasteiger partial charge in [-0.15, -0.1) is 0 Å². The molecule has 0 atom stereocenters. The molecule has 1 aromatic heterocycles. The number of nitrogens with one attached hydrogen (secondary N) is 1. The maximum Gasteiger partial charge on any atom is 0.266 e. The molecule has 0 saturated carbocycles. The number of hydrogen-bond acceptors (Lipinski definition) is 3.